The van der Waals surface area contributed by atoms with Crippen LogP contribution in [0.25, 0.3) is 0 Å². The molecule has 0 saturated carbocycles. The van der Waals surface area contributed by atoms with Gasteiger partial charge in [-0.15, -0.1) is 0 Å². The van der Waals surface area contributed by atoms with Crippen molar-refractivity contribution in [1.82, 2.24) is 10.6 Å². The first-order chi connectivity index (χ1) is 14.0. The summed E-state index contributed by atoms with van der Waals surface area (Å²) >= 11 is 0. The molecule has 0 unspecified atom stereocenters. The summed E-state index contributed by atoms with van der Waals surface area (Å²) in [5, 5.41) is 5.59. The first-order valence-electron chi connectivity index (χ1n) is 9.87. The number of furan rings is 1. The molecule has 1 aromatic heterocycles. The van der Waals surface area contributed by atoms with Gasteiger partial charge in [0.2, 0.25) is 5.91 Å². The molecule has 0 aliphatic heterocycles. The fourth-order valence-corrected chi connectivity index (χ4v) is 2.58. The molecule has 158 valence electrons. The number of carbonyl (C=O) groups excluding carboxylic acids is 2. The third-order valence-electron chi connectivity index (χ3n) is 4.28. The van der Waals surface area contributed by atoms with Crippen molar-refractivity contribution in [2.24, 2.45) is 5.92 Å². The largest absolute Gasteiger partial charge is 0.493 e. The lowest BCUT2D eigenvalue weighted by Crippen LogP contribution is -2.27. The average molecular weight is 402 g/mol. The van der Waals surface area contributed by atoms with Gasteiger partial charge in [0.1, 0.15) is 0 Å². The van der Waals surface area contributed by atoms with Crippen LogP contribution in [-0.4, -0.2) is 32.1 Å². The highest BCUT2D eigenvalue weighted by atomic mass is 16.5. The van der Waals surface area contributed by atoms with E-state index in [-0.39, 0.29) is 17.6 Å². The summed E-state index contributed by atoms with van der Waals surface area (Å²) in [4.78, 5) is 23.7. The molecule has 2 amide bonds. The molecule has 0 fully saturated rings. The predicted octanol–water partition coefficient (Wildman–Crippen LogP) is 3.54. The summed E-state index contributed by atoms with van der Waals surface area (Å²) in [7, 11) is 1.60. The Labute approximate surface area is 171 Å². The summed E-state index contributed by atoms with van der Waals surface area (Å²) in [6, 6.07) is 8.90. The second-order valence-electron chi connectivity index (χ2n) is 7.13. The first-order valence-corrected chi connectivity index (χ1v) is 9.87. The maximum atomic E-state index is 12.0. The van der Waals surface area contributed by atoms with Crippen LogP contribution in [0.3, 0.4) is 0 Å². The van der Waals surface area contributed by atoms with E-state index in [1.807, 2.05) is 18.2 Å². The van der Waals surface area contributed by atoms with Crippen molar-refractivity contribution >= 4 is 11.8 Å². The number of amides is 2. The lowest BCUT2D eigenvalue weighted by molar-refractivity contribution is -0.121. The van der Waals surface area contributed by atoms with Gasteiger partial charge in [0.05, 0.1) is 20.0 Å². The summed E-state index contributed by atoms with van der Waals surface area (Å²) in [6.45, 7) is 5.75. The van der Waals surface area contributed by atoms with Crippen LogP contribution in [0.4, 0.5) is 0 Å². The third-order valence-corrected chi connectivity index (χ3v) is 4.28. The maximum absolute atomic E-state index is 12.0. The van der Waals surface area contributed by atoms with E-state index in [0.717, 1.165) is 12.0 Å². The van der Waals surface area contributed by atoms with Crippen molar-refractivity contribution in [2.45, 2.75) is 39.7 Å². The van der Waals surface area contributed by atoms with E-state index in [0.29, 0.717) is 50.0 Å². The molecule has 7 nitrogen and oxygen atoms in total. The quantitative estimate of drug-likeness (QED) is 0.530. The zero-order chi connectivity index (χ0) is 21.1. The van der Waals surface area contributed by atoms with Crippen molar-refractivity contribution < 1.29 is 23.5 Å². The summed E-state index contributed by atoms with van der Waals surface area (Å²) in [6.07, 6.45) is 3.29. The lowest BCUT2D eigenvalue weighted by Gasteiger charge is -2.13. The number of carbonyl (C=O) groups is 2. The van der Waals surface area contributed by atoms with E-state index in [4.69, 9.17) is 13.9 Å². The van der Waals surface area contributed by atoms with Crippen LogP contribution in [0, 0.1) is 5.92 Å². The molecule has 1 aromatic carbocycles. The molecule has 2 rings (SSSR count). The molecule has 7 heteroatoms. The average Bonchev–Trinajstić information content (AvgIpc) is 3.24. The first kappa shape index (κ1) is 22.3. The van der Waals surface area contributed by atoms with Crippen LogP contribution in [0.1, 0.15) is 49.2 Å². The molecule has 0 saturated heterocycles. The van der Waals surface area contributed by atoms with Crippen LogP contribution in [0.2, 0.25) is 0 Å². The van der Waals surface area contributed by atoms with Crippen LogP contribution >= 0.6 is 0 Å². The highest BCUT2D eigenvalue weighted by Gasteiger charge is 2.09. The molecular weight excluding hydrogens is 372 g/mol. The number of nitrogens with one attached hydrogen (secondary N) is 2. The molecular formula is C22H30N2O5. The second kappa shape index (κ2) is 11.8. The highest BCUT2D eigenvalue weighted by Crippen LogP contribution is 2.28. The molecule has 2 aromatic rings. The minimum absolute atomic E-state index is 0.0755. The molecule has 0 aliphatic carbocycles. The third kappa shape index (κ3) is 7.89. The molecule has 1 heterocycles. The monoisotopic (exact) mass is 402 g/mol. The lowest BCUT2D eigenvalue weighted by atomic mass is 10.1. The summed E-state index contributed by atoms with van der Waals surface area (Å²) < 4.78 is 16.2. The Bertz CT molecular complexity index is 772. The Hall–Kier alpha value is -2.96. The Kier molecular flexibility index (Phi) is 9.08. The summed E-state index contributed by atoms with van der Waals surface area (Å²) in [5.74, 6) is 1.84. The minimum Gasteiger partial charge on any atom is -0.493 e. The van der Waals surface area contributed by atoms with Crippen LogP contribution in [-0.2, 0) is 11.3 Å². The Morgan fingerprint density at radius 1 is 1.14 bits per heavy atom. The minimum atomic E-state index is -0.279. The molecule has 0 atom stereocenters. The van der Waals surface area contributed by atoms with Gasteiger partial charge < -0.3 is 24.5 Å². The maximum Gasteiger partial charge on any atom is 0.286 e. The van der Waals surface area contributed by atoms with Crippen molar-refractivity contribution in [1.29, 1.82) is 0 Å². The normalized spacial score (nSPS) is 10.6. The topological polar surface area (TPSA) is 89.8 Å². The van der Waals surface area contributed by atoms with Crippen molar-refractivity contribution in [3.63, 3.8) is 0 Å². The fraction of sp³-hybridized carbons (Fsp3) is 0.455. The molecule has 0 bridgehead atoms. The fourth-order valence-electron chi connectivity index (χ4n) is 2.58. The van der Waals surface area contributed by atoms with E-state index >= 15 is 0 Å². The zero-order valence-electron chi connectivity index (χ0n) is 17.3. The van der Waals surface area contributed by atoms with Gasteiger partial charge in [0.25, 0.3) is 5.91 Å². The van der Waals surface area contributed by atoms with Gasteiger partial charge in [-0.1, -0.05) is 19.9 Å². The molecule has 2 N–H and O–H groups in total. The van der Waals surface area contributed by atoms with Crippen molar-refractivity contribution in [3.8, 4) is 11.5 Å². The van der Waals surface area contributed by atoms with Crippen LogP contribution < -0.4 is 20.1 Å². The highest BCUT2D eigenvalue weighted by molar-refractivity contribution is 5.91. The van der Waals surface area contributed by atoms with Gasteiger partial charge in [0.15, 0.2) is 17.3 Å². The smallest absolute Gasteiger partial charge is 0.286 e. The van der Waals surface area contributed by atoms with Gasteiger partial charge in [-0.25, -0.2) is 0 Å². The van der Waals surface area contributed by atoms with Gasteiger partial charge in [-0.3, -0.25) is 9.59 Å². The van der Waals surface area contributed by atoms with E-state index in [2.05, 4.69) is 24.5 Å². The number of rotatable bonds is 12. The van der Waals surface area contributed by atoms with Gasteiger partial charge in [0, 0.05) is 19.5 Å². The SMILES string of the molecule is COc1cc(CNC(=O)CCCNC(=O)c2ccco2)ccc1OCCC(C)C. The van der Waals surface area contributed by atoms with Gasteiger partial charge in [-0.2, -0.15) is 0 Å². The number of hydrogen-bond donors (Lipinski definition) is 2. The van der Waals surface area contributed by atoms with Crippen molar-refractivity contribution in [3.05, 3.63) is 47.9 Å². The molecule has 29 heavy (non-hydrogen) atoms. The summed E-state index contributed by atoms with van der Waals surface area (Å²) in [5.41, 5.74) is 0.928. The van der Waals surface area contributed by atoms with Crippen LogP contribution in [0.5, 0.6) is 11.5 Å². The van der Waals surface area contributed by atoms with Gasteiger partial charge >= 0.3 is 0 Å². The Morgan fingerprint density at radius 2 is 1.97 bits per heavy atom. The molecule has 0 radical (unpaired) electrons. The number of benzene rings is 1. The van der Waals surface area contributed by atoms with E-state index in [9.17, 15) is 9.59 Å². The Balaban J connectivity index is 1.70. The van der Waals surface area contributed by atoms with Crippen LogP contribution in [0.15, 0.2) is 41.0 Å². The number of hydrogen-bond acceptors (Lipinski definition) is 5. The second-order valence-corrected chi connectivity index (χ2v) is 7.13. The molecule has 0 aliphatic rings. The van der Waals surface area contributed by atoms with E-state index in [1.54, 1.807) is 19.2 Å². The standard InChI is InChI=1S/C22H30N2O5/c1-16(2)10-13-29-18-9-8-17(14-20(18)27-3)15-24-21(25)7-4-11-23-22(26)19-6-5-12-28-19/h5-6,8-9,12,14,16H,4,7,10-11,13,15H2,1-3H3,(H,23,26)(H,24,25). The predicted molar refractivity (Wildman–Crippen MR) is 110 cm³/mol. The van der Waals surface area contributed by atoms with E-state index in [1.165, 1.54) is 6.26 Å². The molecule has 0 spiro atoms. The Morgan fingerprint density at radius 3 is 2.66 bits per heavy atom. The van der Waals surface area contributed by atoms with Gasteiger partial charge in [-0.05, 0) is 48.6 Å². The number of methoxy groups -OCH3 is 1. The zero-order valence-corrected chi connectivity index (χ0v) is 17.3. The number of ether oxygens (including phenoxy) is 2. The van der Waals surface area contributed by atoms with E-state index < -0.39 is 0 Å². The van der Waals surface area contributed by atoms with Crippen molar-refractivity contribution in [2.75, 3.05) is 20.3 Å².